The van der Waals surface area contributed by atoms with Gasteiger partial charge in [-0.2, -0.15) is 0 Å². The molecule has 2 aromatic rings. The summed E-state index contributed by atoms with van der Waals surface area (Å²) in [6.07, 6.45) is 8.81. The lowest BCUT2D eigenvalue weighted by Crippen LogP contribution is -2.52. The molecule has 3 fully saturated rings. The van der Waals surface area contributed by atoms with Crippen LogP contribution in [0.25, 0.3) is 0 Å². The Bertz CT molecular complexity index is 733. The number of rotatable bonds is 4. The van der Waals surface area contributed by atoms with Crippen molar-refractivity contribution >= 4 is 0 Å². The first-order valence-electron chi connectivity index (χ1n) is 10.7. The molecule has 1 aromatic carbocycles. The number of piperidine rings is 2. The fraction of sp³-hybridized carbons (Fsp3) is 0.542. The molecule has 0 bridgehead atoms. The van der Waals surface area contributed by atoms with E-state index in [2.05, 4.69) is 57.2 Å². The van der Waals surface area contributed by atoms with Crippen LogP contribution in [-0.2, 0) is 6.54 Å². The zero-order valence-electron chi connectivity index (χ0n) is 16.3. The third-order valence-electron chi connectivity index (χ3n) is 7.04. The van der Waals surface area contributed by atoms with Crippen molar-refractivity contribution in [3.05, 3.63) is 66.0 Å². The van der Waals surface area contributed by atoms with E-state index in [1.54, 1.807) is 5.56 Å². The van der Waals surface area contributed by atoms with E-state index < -0.39 is 0 Å². The number of hydrogen-bond acceptors (Lipinski definition) is 3. The minimum Gasteiger partial charge on any atom is -0.299 e. The zero-order valence-corrected chi connectivity index (χ0v) is 16.3. The lowest BCUT2D eigenvalue weighted by molar-refractivity contribution is 0.00803. The summed E-state index contributed by atoms with van der Waals surface area (Å²) in [6.45, 7) is 6.05. The Hall–Kier alpha value is -1.71. The highest BCUT2D eigenvalue weighted by Gasteiger charge is 2.45. The summed E-state index contributed by atoms with van der Waals surface area (Å²) in [7, 11) is 0. The molecule has 0 N–H and O–H groups in total. The van der Waals surface area contributed by atoms with Crippen LogP contribution in [0.4, 0.5) is 0 Å². The Morgan fingerprint density at radius 2 is 1.74 bits per heavy atom. The van der Waals surface area contributed by atoms with E-state index in [1.807, 2.05) is 12.3 Å². The zero-order chi connectivity index (χ0) is 18.1. The van der Waals surface area contributed by atoms with Crippen molar-refractivity contribution in [3.63, 3.8) is 0 Å². The van der Waals surface area contributed by atoms with E-state index in [4.69, 9.17) is 0 Å². The predicted octanol–water partition coefficient (Wildman–Crippen LogP) is 4.32. The van der Waals surface area contributed by atoms with Gasteiger partial charge < -0.3 is 0 Å². The molecule has 3 heteroatoms. The molecule has 1 aromatic heterocycles. The summed E-state index contributed by atoms with van der Waals surface area (Å²) in [6, 6.07) is 18.4. The molecule has 3 nitrogen and oxygen atoms in total. The van der Waals surface area contributed by atoms with E-state index in [1.165, 1.54) is 64.0 Å². The summed E-state index contributed by atoms with van der Waals surface area (Å²) in [4.78, 5) is 9.98. The Kier molecular flexibility index (Phi) is 4.75. The monoisotopic (exact) mass is 361 g/mol. The van der Waals surface area contributed by atoms with Gasteiger partial charge in [-0.3, -0.25) is 14.8 Å². The highest BCUT2D eigenvalue weighted by molar-refractivity contribution is 5.22. The van der Waals surface area contributed by atoms with Gasteiger partial charge >= 0.3 is 0 Å². The molecule has 1 saturated carbocycles. The highest BCUT2D eigenvalue weighted by Crippen LogP contribution is 2.47. The molecule has 3 aliphatic rings. The average Bonchev–Trinajstić information content (AvgIpc) is 3.57. The van der Waals surface area contributed by atoms with Gasteiger partial charge in [0.25, 0.3) is 0 Å². The summed E-state index contributed by atoms with van der Waals surface area (Å²) in [5.41, 5.74) is 3.28. The van der Waals surface area contributed by atoms with Crippen molar-refractivity contribution < 1.29 is 0 Å². The van der Waals surface area contributed by atoms with Gasteiger partial charge in [-0.15, -0.1) is 0 Å². The number of nitrogens with zero attached hydrogens (tertiary/aromatic N) is 3. The highest BCUT2D eigenvalue weighted by atomic mass is 15.2. The van der Waals surface area contributed by atoms with Gasteiger partial charge in [0.05, 0.1) is 5.69 Å². The molecule has 1 spiro atoms. The van der Waals surface area contributed by atoms with E-state index in [0.29, 0.717) is 11.3 Å². The minimum absolute atomic E-state index is 0.516. The molecule has 1 aliphatic carbocycles. The van der Waals surface area contributed by atoms with Crippen molar-refractivity contribution in [1.29, 1.82) is 0 Å². The first-order valence-corrected chi connectivity index (χ1v) is 10.7. The molecule has 0 amide bonds. The fourth-order valence-electron chi connectivity index (χ4n) is 5.37. The topological polar surface area (TPSA) is 19.4 Å². The van der Waals surface area contributed by atoms with Crippen molar-refractivity contribution in [3.8, 4) is 0 Å². The Morgan fingerprint density at radius 1 is 0.963 bits per heavy atom. The van der Waals surface area contributed by atoms with Crippen LogP contribution in [0.1, 0.15) is 49.3 Å². The number of aromatic nitrogens is 1. The molecular formula is C24H31N3. The summed E-state index contributed by atoms with van der Waals surface area (Å²) < 4.78 is 0. The maximum absolute atomic E-state index is 4.52. The number of hydrogen-bond donors (Lipinski definition) is 0. The largest absolute Gasteiger partial charge is 0.299 e. The second-order valence-electron chi connectivity index (χ2n) is 9.07. The van der Waals surface area contributed by atoms with Crippen LogP contribution < -0.4 is 0 Å². The van der Waals surface area contributed by atoms with Gasteiger partial charge in [-0.05, 0) is 74.2 Å². The number of likely N-dealkylation sites (tertiary alicyclic amines) is 2. The van der Waals surface area contributed by atoms with Gasteiger partial charge in [0.1, 0.15) is 0 Å². The summed E-state index contributed by atoms with van der Waals surface area (Å²) in [5.74, 6) is 0.711. The smallest absolute Gasteiger partial charge is 0.0543 e. The van der Waals surface area contributed by atoms with Crippen molar-refractivity contribution in [1.82, 2.24) is 14.8 Å². The standard InChI is InChI=1S/C24H31N3/c1-2-6-20(7-3-1)21-16-24(19-27(17-21)23-9-10-23)11-14-26(15-12-24)18-22-8-4-5-13-25-22/h1-8,13,21,23H,9-12,14-19H2. The van der Waals surface area contributed by atoms with Crippen molar-refractivity contribution in [2.75, 3.05) is 26.2 Å². The quantitative estimate of drug-likeness (QED) is 0.809. The first-order chi connectivity index (χ1) is 13.3. The third-order valence-corrected chi connectivity index (χ3v) is 7.04. The maximum atomic E-state index is 4.52. The van der Waals surface area contributed by atoms with Crippen molar-refractivity contribution in [2.24, 2.45) is 5.41 Å². The lowest BCUT2D eigenvalue weighted by Gasteiger charge is -2.50. The summed E-state index contributed by atoms with van der Waals surface area (Å²) in [5, 5.41) is 0. The Morgan fingerprint density at radius 3 is 2.44 bits per heavy atom. The van der Waals surface area contributed by atoms with Gasteiger partial charge in [0, 0.05) is 31.9 Å². The molecule has 2 aliphatic heterocycles. The van der Waals surface area contributed by atoms with Gasteiger partial charge in [0.15, 0.2) is 0 Å². The fourth-order valence-corrected chi connectivity index (χ4v) is 5.37. The molecular weight excluding hydrogens is 330 g/mol. The predicted molar refractivity (Wildman–Crippen MR) is 110 cm³/mol. The third kappa shape index (κ3) is 3.95. The molecule has 0 radical (unpaired) electrons. The second kappa shape index (κ2) is 7.37. The molecule has 2 saturated heterocycles. The normalized spacial score (nSPS) is 26.3. The molecule has 3 heterocycles. The van der Waals surface area contributed by atoms with Crippen LogP contribution in [0.5, 0.6) is 0 Å². The molecule has 1 atom stereocenters. The van der Waals surface area contributed by atoms with Gasteiger partial charge in [0.2, 0.25) is 0 Å². The molecule has 5 rings (SSSR count). The van der Waals surface area contributed by atoms with Gasteiger partial charge in [-0.25, -0.2) is 0 Å². The number of benzene rings is 1. The summed E-state index contributed by atoms with van der Waals surface area (Å²) >= 11 is 0. The van der Waals surface area contributed by atoms with Crippen LogP contribution in [0.15, 0.2) is 54.7 Å². The first kappa shape index (κ1) is 17.4. The van der Waals surface area contributed by atoms with Crippen LogP contribution in [0.2, 0.25) is 0 Å². The Balaban J connectivity index is 1.28. The van der Waals surface area contributed by atoms with Crippen LogP contribution in [0, 0.1) is 5.41 Å². The minimum atomic E-state index is 0.516. The van der Waals surface area contributed by atoms with Crippen molar-refractivity contribution in [2.45, 2.75) is 50.6 Å². The van der Waals surface area contributed by atoms with Gasteiger partial charge in [-0.1, -0.05) is 36.4 Å². The number of pyridine rings is 1. The van der Waals surface area contributed by atoms with E-state index in [9.17, 15) is 0 Å². The average molecular weight is 362 g/mol. The Labute approximate surface area is 163 Å². The van der Waals surface area contributed by atoms with E-state index >= 15 is 0 Å². The molecule has 27 heavy (non-hydrogen) atoms. The van der Waals surface area contributed by atoms with Crippen LogP contribution in [0.3, 0.4) is 0 Å². The van der Waals surface area contributed by atoms with Crippen LogP contribution >= 0.6 is 0 Å². The lowest BCUT2D eigenvalue weighted by atomic mass is 9.68. The van der Waals surface area contributed by atoms with E-state index in [-0.39, 0.29) is 0 Å². The maximum Gasteiger partial charge on any atom is 0.0543 e. The molecule has 1 unspecified atom stereocenters. The molecule has 142 valence electrons. The van der Waals surface area contributed by atoms with Crippen LogP contribution in [-0.4, -0.2) is 47.0 Å². The SMILES string of the molecule is c1ccc(C2CN(C3CC3)CC3(CCN(Cc4ccccn4)CC3)C2)cc1. The second-order valence-corrected chi connectivity index (χ2v) is 9.07. The van der Waals surface area contributed by atoms with E-state index in [0.717, 1.165) is 12.6 Å².